The number of methoxy groups -OCH3 is 1. The van der Waals surface area contributed by atoms with Gasteiger partial charge in [-0.15, -0.1) is 10.2 Å². The average molecular weight is 528 g/mol. The number of ether oxygens (including phenoxy) is 1. The second-order valence-corrected chi connectivity index (χ2v) is 9.94. The summed E-state index contributed by atoms with van der Waals surface area (Å²) in [5.74, 6) is -3.01. The van der Waals surface area contributed by atoms with Crippen molar-refractivity contribution in [2.24, 2.45) is 13.0 Å². The number of nitrogens with zero attached hydrogens (tertiary/aromatic N) is 8. The highest BCUT2D eigenvalue weighted by Crippen LogP contribution is 2.39. The molecular formula is C25H31F2N9O2. The Kier molecular flexibility index (Phi) is 7.17. The first-order valence-corrected chi connectivity index (χ1v) is 12.8. The molecule has 1 saturated heterocycles. The number of nitrogens with one attached hydrogen (secondary N) is 1. The summed E-state index contributed by atoms with van der Waals surface area (Å²) < 4.78 is 35.6. The summed E-state index contributed by atoms with van der Waals surface area (Å²) in [7, 11) is 3.06. The zero-order valence-electron chi connectivity index (χ0n) is 21.7. The number of carbonyl (C=O) groups is 1. The van der Waals surface area contributed by atoms with Gasteiger partial charge in [-0.25, -0.2) is 23.4 Å². The van der Waals surface area contributed by atoms with E-state index in [9.17, 15) is 13.6 Å². The minimum absolute atomic E-state index is 0.0473. The van der Waals surface area contributed by atoms with Crippen LogP contribution >= 0.6 is 0 Å². The van der Waals surface area contributed by atoms with Crippen LogP contribution in [-0.2, 0) is 29.5 Å². The van der Waals surface area contributed by atoms with Gasteiger partial charge in [0.25, 0.3) is 5.92 Å². The van der Waals surface area contributed by atoms with Gasteiger partial charge in [-0.2, -0.15) is 5.10 Å². The van der Waals surface area contributed by atoms with Crippen LogP contribution in [0.1, 0.15) is 55.6 Å². The molecule has 0 aromatic carbocycles. The summed E-state index contributed by atoms with van der Waals surface area (Å²) in [5, 5.41) is 19.8. The van der Waals surface area contributed by atoms with Crippen molar-refractivity contribution in [3.05, 3.63) is 35.4 Å². The van der Waals surface area contributed by atoms with Crippen LogP contribution in [0.2, 0.25) is 0 Å². The maximum atomic E-state index is 14.6. The fourth-order valence-electron chi connectivity index (χ4n) is 4.92. The molecule has 13 heteroatoms. The molecule has 1 saturated carbocycles. The van der Waals surface area contributed by atoms with E-state index in [0.29, 0.717) is 54.1 Å². The molecule has 3 aromatic heterocycles. The van der Waals surface area contributed by atoms with Gasteiger partial charge < -0.3 is 15.0 Å². The minimum Gasteiger partial charge on any atom is -0.469 e. The summed E-state index contributed by atoms with van der Waals surface area (Å²) in [4.78, 5) is 22.7. The number of piperidine rings is 1. The van der Waals surface area contributed by atoms with E-state index < -0.39 is 24.4 Å². The Labute approximate surface area is 219 Å². The van der Waals surface area contributed by atoms with E-state index in [0.717, 1.165) is 24.2 Å². The number of anilines is 2. The third kappa shape index (κ3) is 5.70. The topological polar surface area (TPSA) is 124 Å². The van der Waals surface area contributed by atoms with Crippen LogP contribution in [0.25, 0.3) is 11.4 Å². The number of rotatable bonds is 9. The van der Waals surface area contributed by atoms with E-state index in [4.69, 9.17) is 9.72 Å². The lowest BCUT2D eigenvalue weighted by atomic mass is 9.91. The molecular weight excluding hydrogens is 496 g/mol. The normalized spacial score (nSPS) is 18.9. The number of hydrogen-bond acceptors (Lipinski definition) is 10. The fourth-order valence-corrected chi connectivity index (χ4v) is 4.92. The Hall–Kier alpha value is -3.77. The van der Waals surface area contributed by atoms with E-state index in [1.54, 1.807) is 35.0 Å². The molecule has 1 aliphatic carbocycles. The molecule has 0 radical (unpaired) electrons. The number of halogens is 2. The van der Waals surface area contributed by atoms with Crippen LogP contribution in [0, 0.1) is 5.92 Å². The first kappa shape index (κ1) is 25.9. The summed E-state index contributed by atoms with van der Waals surface area (Å²) >= 11 is 0. The molecule has 1 aliphatic heterocycles. The van der Waals surface area contributed by atoms with Crippen molar-refractivity contribution in [2.45, 2.75) is 57.4 Å². The first-order valence-electron chi connectivity index (χ1n) is 12.8. The van der Waals surface area contributed by atoms with Crippen LogP contribution in [-0.4, -0.2) is 67.3 Å². The molecule has 2 aliphatic rings. The number of alkyl halides is 2. The molecule has 1 N–H and O–H groups in total. The largest absolute Gasteiger partial charge is 0.469 e. The first-order chi connectivity index (χ1) is 18.3. The Morgan fingerprint density at radius 3 is 2.79 bits per heavy atom. The van der Waals surface area contributed by atoms with E-state index in [1.165, 1.54) is 7.11 Å². The molecule has 2 fully saturated rings. The second kappa shape index (κ2) is 10.5. The summed E-state index contributed by atoms with van der Waals surface area (Å²) in [6.45, 7) is 2.19. The zero-order valence-corrected chi connectivity index (χ0v) is 21.7. The van der Waals surface area contributed by atoms with Gasteiger partial charge in [0.15, 0.2) is 0 Å². The molecule has 0 bridgehead atoms. The number of esters is 1. The van der Waals surface area contributed by atoms with E-state index >= 15 is 0 Å². The van der Waals surface area contributed by atoms with Crippen LogP contribution in [0.3, 0.4) is 0 Å². The molecule has 1 unspecified atom stereocenters. The number of aryl methyl sites for hydroxylation is 2. The molecule has 1 atom stereocenters. The predicted octanol–water partition coefficient (Wildman–Crippen LogP) is 3.14. The maximum Gasteiger partial charge on any atom is 0.305 e. The monoisotopic (exact) mass is 527 g/mol. The van der Waals surface area contributed by atoms with Crippen molar-refractivity contribution in [1.82, 2.24) is 35.2 Å². The average Bonchev–Trinajstić information content (AvgIpc) is 3.69. The predicted molar refractivity (Wildman–Crippen MR) is 135 cm³/mol. The van der Waals surface area contributed by atoms with Crippen molar-refractivity contribution in [1.29, 1.82) is 0 Å². The summed E-state index contributed by atoms with van der Waals surface area (Å²) in [6.07, 6.45) is 4.09. The van der Waals surface area contributed by atoms with Crippen LogP contribution < -0.4 is 10.2 Å². The van der Waals surface area contributed by atoms with Gasteiger partial charge in [-0.05, 0) is 37.3 Å². The zero-order chi connectivity index (χ0) is 26.9. The molecule has 4 heterocycles. The second-order valence-electron chi connectivity index (χ2n) is 9.94. The van der Waals surface area contributed by atoms with Gasteiger partial charge in [0.05, 0.1) is 61.3 Å². The third-order valence-electron chi connectivity index (χ3n) is 6.97. The lowest BCUT2D eigenvalue weighted by Gasteiger charge is -2.39. The van der Waals surface area contributed by atoms with Gasteiger partial charge in [-0.3, -0.25) is 4.79 Å². The van der Waals surface area contributed by atoms with E-state index in [2.05, 4.69) is 30.8 Å². The maximum absolute atomic E-state index is 14.6. The fraction of sp³-hybridized carbons (Fsp3) is 0.560. The van der Waals surface area contributed by atoms with Gasteiger partial charge in [0.2, 0.25) is 5.95 Å². The Morgan fingerprint density at radius 1 is 1.24 bits per heavy atom. The molecule has 5 rings (SSSR count). The highest BCUT2D eigenvalue weighted by molar-refractivity contribution is 5.70. The number of aromatic nitrogens is 7. The lowest BCUT2D eigenvalue weighted by molar-refractivity contribution is -0.142. The lowest BCUT2D eigenvalue weighted by Crippen LogP contribution is -2.48. The molecule has 202 valence electrons. The Bertz CT molecular complexity index is 1310. The van der Waals surface area contributed by atoms with Crippen molar-refractivity contribution in [2.75, 3.05) is 30.4 Å². The quantitative estimate of drug-likeness (QED) is 0.415. The van der Waals surface area contributed by atoms with Gasteiger partial charge in [-0.1, -0.05) is 12.1 Å². The van der Waals surface area contributed by atoms with Crippen LogP contribution in [0.15, 0.2) is 18.3 Å². The standard InChI is InChI=1S/C25H31F2N9O2/c1-4-17-20(36-13-15(9-22(37)38-3)10-25(26,27)14-36)8-7-18(30-17)23-21(35(2)34-32-23)12-28-24-31-19(11-29-33-24)16-5-6-16/h7-8,11,15-16H,4-6,9-10,12-14H2,1-3H3,(H,28,31,33). The Balaban J connectivity index is 1.37. The number of carbonyl (C=O) groups excluding carboxylic acids is 1. The minimum atomic E-state index is -2.92. The SMILES string of the molecule is CCc1nc(-c2nnn(C)c2CNc2nncc(C3CC3)n2)ccc1N1CC(CC(=O)OC)CC(F)(F)C1. The van der Waals surface area contributed by atoms with Gasteiger partial charge >= 0.3 is 5.97 Å². The number of hydrogen-bond donors (Lipinski definition) is 1. The van der Waals surface area contributed by atoms with Crippen molar-refractivity contribution in [3.8, 4) is 11.4 Å². The van der Waals surface area contributed by atoms with E-state index in [1.807, 2.05) is 6.92 Å². The van der Waals surface area contributed by atoms with E-state index in [-0.39, 0.29) is 12.8 Å². The molecule has 3 aromatic rings. The highest BCUT2D eigenvalue weighted by atomic mass is 19.3. The molecule has 0 spiro atoms. The number of pyridine rings is 1. The van der Waals surface area contributed by atoms with Crippen molar-refractivity contribution in [3.63, 3.8) is 0 Å². The van der Waals surface area contributed by atoms with Crippen molar-refractivity contribution < 1.29 is 18.3 Å². The molecule has 0 amide bonds. The van der Waals surface area contributed by atoms with Gasteiger partial charge in [0, 0.05) is 25.9 Å². The molecule has 11 nitrogen and oxygen atoms in total. The highest BCUT2D eigenvalue weighted by Gasteiger charge is 2.41. The molecule has 38 heavy (non-hydrogen) atoms. The third-order valence-corrected chi connectivity index (χ3v) is 6.97. The summed E-state index contributed by atoms with van der Waals surface area (Å²) in [5.41, 5.74) is 4.19. The van der Waals surface area contributed by atoms with Crippen LogP contribution in [0.5, 0.6) is 0 Å². The smallest absolute Gasteiger partial charge is 0.305 e. The van der Waals surface area contributed by atoms with Crippen molar-refractivity contribution >= 4 is 17.6 Å². The Morgan fingerprint density at radius 2 is 2.05 bits per heavy atom. The van der Waals surface area contributed by atoms with Crippen LogP contribution in [0.4, 0.5) is 20.4 Å². The van der Waals surface area contributed by atoms with Gasteiger partial charge in [0.1, 0.15) is 5.69 Å². The summed E-state index contributed by atoms with van der Waals surface area (Å²) in [6, 6.07) is 3.58.